The van der Waals surface area contributed by atoms with Gasteiger partial charge in [0.1, 0.15) is 5.82 Å². The van der Waals surface area contributed by atoms with Crippen LogP contribution in [0.4, 0.5) is 23.2 Å². The number of ether oxygens (including phenoxy) is 1. The molecule has 10 nitrogen and oxygen atoms in total. The fraction of sp³-hybridized carbons (Fsp3) is 0.520. The number of aromatic nitrogens is 1. The summed E-state index contributed by atoms with van der Waals surface area (Å²) >= 11 is 0. The number of anilines is 1. The second-order valence-electron chi connectivity index (χ2n) is 9.12. The molecule has 0 radical (unpaired) electrons. The molecule has 1 aromatic carbocycles. The van der Waals surface area contributed by atoms with Crippen LogP contribution in [0.5, 0.6) is 0 Å². The molecule has 1 aliphatic heterocycles. The van der Waals surface area contributed by atoms with Gasteiger partial charge in [-0.25, -0.2) is 9.18 Å². The summed E-state index contributed by atoms with van der Waals surface area (Å²) < 4.78 is 64.9. The number of aryl methyl sites for hydroxylation is 1. The number of alkyl halides is 3. The van der Waals surface area contributed by atoms with Crippen LogP contribution in [0.15, 0.2) is 23.1 Å². The maximum atomic E-state index is 15.2. The van der Waals surface area contributed by atoms with Crippen LogP contribution in [0.1, 0.15) is 44.0 Å². The number of esters is 1. The number of hydrogen-bond donors (Lipinski definition) is 2. The molecule has 2 heterocycles. The van der Waals surface area contributed by atoms with Crippen molar-refractivity contribution in [3.8, 4) is 0 Å². The lowest BCUT2D eigenvalue weighted by Crippen LogP contribution is -3.27. The number of hydrogen-bond acceptors (Lipinski definition) is 7. The van der Waals surface area contributed by atoms with Crippen molar-refractivity contribution in [1.82, 2.24) is 9.88 Å². The van der Waals surface area contributed by atoms with Crippen LogP contribution in [0, 0.1) is 5.82 Å². The Hall–Kier alpha value is -3.68. The minimum absolute atomic E-state index is 0.00638. The number of aromatic carboxylic acids is 1. The number of piperazine rings is 1. The van der Waals surface area contributed by atoms with E-state index in [9.17, 15) is 37.5 Å². The molecule has 14 heteroatoms. The molecule has 1 aliphatic rings. The minimum Gasteiger partial charge on any atom is -0.545 e. The monoisotopic (exact) mass is 558 g/mol. The Bertz CT molecular complexity index is 1320. The quantitative estimate of drug-likeness (QED) is 0.327. The summed E-state index contributed by atoms with van der Waals surface area (Å²) in [7, 11) is 0. The molecule has 1 aromatic heterocycles. The lowest BCUT2D eigenvalue weighted by molar-refractivity contribution is -0.959. The number of quaternary nitrogens is 1. The first-order chi connectivity index (χ1) is 18.3. The van der Waals surface area contributed by atoms with Gasteiger partial charge in [-0.05, 0) is 32.4 Å². The number of halogens is 4. The predicted molar refractivity (Wildman–Crippen MR) is 130 cm³/mol. The average Bonchev–Trinajstić information content (AvgIpc) is 2.87. The average molecular weight is 559 g/mol. The highest BCUT2D eigenvalue weighted by molar-refractivity contribution is 5.92. The summed E-state index contributed by atoms with van der Waals surface area (Å²) in [5.74, 6) is -5.15. The Morgan fingerprint density at radius 3 is 2.28 bits per heavy atom. The highest BCUT2D eigenvalue weighted by Gasteiger charge is 2.71. The molecule has 3 rings (SSSR count). The number of fused-ring (bicyclic) bond motifs is 1. The zero-order chi connectivity index (χ0) is 29.1. The number of carbonyl (C=O) groups is 3. The van der Waals surface area contributed by atoms with Crippen LogP contribution >= 0.6 is 0 Å². The Morgan fingerprint density at radius 2 is 1.77 bits per heavy atom. The summed E-state index contributed by atoms with van der Waals surface area (Å²) in [6.45, 7) is 3.67. The van der Waals surface area contributed by atoms with E-state index in [4.69, 9.17) is 4.74 Å². The van der Waals surface area contributed by atoms with Gasteiger partial charge in [-0.15, -0.1) is 0 Å². The SMILES string of the molecule is CCCC(=O)N[C@@](C(=O)OCC)([NH+]1CCN(c2cc3c(cc2F)c(=O)c(C(=O)[O-])cn3CC)CC1)C(F)(F)F. The highest BCUT2D eigenvalue weighted by Crippen LogP contribution is 2.29. The molecule has 2 N–H and O–H groups in total. The number of carboxylic acid groups (broad SMARTS) is 1. The standard InChI is InChI=1S/C25H30F4N4O6/c1-4-7-20(34)30-24(25(27,28)29,23(38)39-6-3)33-10-8-32(9-11-33)19-13-18-15(12-17(19)26)21(35)16(22(36)37)14-31(18)5-2/h12-14H,4-11H2,1-3H3,(H,30,34)(H,36,37)/t24-/m0/s1. The summed E-state index contributed by atoms with van der Waals surface area (Å²) in [5, 5.41) is 13.1. The van der Waals surface area contributed by atoms with Gasteiger partial charge in [0, 0.05) is 24.5 Å². The third-order valence-corrected chi connectivity index (χ3v) is 6.76. The van der Waals surface area contributed by atoms with Crippen molar-refractivity contribution in [2.24, 2.45) is 0 Å². The minimum atomic E-state index is -5.19. The van der Waals surface area contributed by atoms with E-state index in [2.05, 4.69) is 0 Å². The summed E-state index contributed by atoms with van der Waals surface area (Å²) in [4.78, 5) is 50.1. The number of amides is 1. The first-order valence-electron chi connectivity index (χ1n) is 12.5. The van der Waals surface area contributed by atoms with Crippen LogP contribution < -0.4 is 25.7 Å². The van der Waals surface area contributed by atoms with E-state index in [0.29, 0.717) is 0 Å². The van der Waals surface area contributed by atoms with Crippen LogP contribution in [0.3, 0.4) is 0 Å². The molecule has 214 valence electrons. The molecular weight excluding hydrogens is 528 g/mol. The van der Waals surface area contributed by atoms with E-state index in [1.165, 1.54) is 22.5 Å². The number of carbonyl (C=O) groups excluding carboxylic acids is 3. The van der Waals surface area contributed by atoms with E-state index >= 15 is 4.39 Å². The molecule has 1 amide bonds. The molecule has 0 spiro atoms. The van der Waals surface area contributed by atoms with Gasteiger partial charge >= 0.3 is 17.8 Å². The second-order valence-corrected chi connectivity index (χ2v) is 9.12. The Morgan fingerprint density at radius 1 is 1.13 bits per heavy atom. The Balaban J connectivity index is 1.99. The van der Waals surface area contributed by atoms with Crippen LogP contribution in [-0.2, 0) is 20.9 Å². The van der Waals surface area contributed by atoms with Crippen LogP contribution in [0.2, 0.25) is 0 Å². The molecule has 0 bridgehead atoms. The second kappa shape index (κ2) is 11.6. The topological polar surface area (TPSA) is 125 Å². The molecule has 1 fully saturated rings. The molecule has 0 aliphatic carbocycles. The van der Waals surface area contributed by atoms with Gasteiger partial charge in [0.2, 0.25) is 5.91 Å². The number of rotatable bonds is 9. The van der Waals surface area contributed by atoms with E-state index in [1.807, 2.05) is 5.32 Å². The van der Waals surface area contributed by atoms with Gasteiger partial charge in [0.25, 0.3) is 0 Å². The van der Waals surface area contributed by atoms with Gasteiger partial charge in [-0.3, -0.25) is 19.8 Å². The lowest BCUT2D eigenvalue weighted by atomic mass is 10.0. The number of pyridine rings is 1. The van der Waals surface area contributed by atoms with E-state index in [0.717, 1.165) is 12.3 Å². The van der Waals surface area contributed by atoms with Crippen molar-refractivity contribution < 1.29 is 46.7 Å². The first kappa shape index (κ1) is 29.9. The molecule has 1 atom stereocenters. The summed E-state index contributed by atoms with van der Waals surface area (Å²) in [6.07, 6.45) is -4.06. The molecule has 0 unspecified atom stereocenters. The van der Waals surface area contributed by atoms with Crippen LogP contribution in [-0.4, -0.2) is 67.0 Å². The van der Waals surface area contributed by atoms with Crippen molar-refractivity contribution in [3.05, 3.63) is 39.9 Å². The summed E-state index contributed by atoms with van der Waals surface area (Å²) in [6, 6.07) is 2.24. The number of nitrogens with one attached hydrogen (secondary N) is 2. The zero-order valence-corrected chi connectivity index (χ0v) is 21.7. The fourth-order valence-corrected chi connectivity index (χ4v) is 4.85. The third-order valence-electron chi connectivity index (χ3n) is 6.76. The number of carboxylic acids is 1. The van der Waals surface area contributed by atoms with Crippen LogP contribution in [0.25, 0.3) is 10.9 Å². The van der Waals surface area contributed by atoms with Gasteiger partial charge in [0.05, 0.1) is 55.5 Å². The molecule has 39 heavy (non-hydrogen) atoms. The highest BCUT2D eigenvalue weighted by atomic mass is 19.4. The first-order valence-corrected chi connectivity index (χ1v) is 12.5. The smallest absolute Gasteiger partial charge is 0.478 e. The Labute approximate surface area is 221 Å². The van der Waals surface area contributed by atoms with Crippen molar-refractivity contribution in [1.29, 1.82) is 0 Å². The van der Waals surface area contributed by atoms with E-state index in [1.54, 1.807) is 13.8 Å². The maximum Gasteiger partial charge on any atom is 0.478 e. The van der Waals surface area contributed by atoms with E-state index < -0.39 is 46.5 Å². The lowest BCUT2D eigenvalue weighted by Gasteiger charge is -2.43. The third kappa shape index (κ3) is 5.56. The number of benzene rings is 1. The Kier molecular flexibility index (Phi) is 8.88. The predicted octanol–water partition coefficient (Wildman–Crippen LogP) is -0.0331. The van der Waals surface area contributed by atoms with Gasteiger partial charge in [-0.1, -0.05) is 6.92 Å². The maximum absolute atomic E-state index is 15.2. The largest absolute Gasteiger partial charge is 0.545 e. The van der Waals surface area contributed by atoms with Gasteiger partial charge < -0.3 is 24.1 Å². The molecule has 0 saturated carbocycles. The van der Waals surface area contributed by atoms with Crippen molar-refractivity contribution in [2.75, 3.05) is 37.7 Å². The zero-order valence-electron chi connectivity index (χ0n) is 21.7. The molecule has 1 saturated heterocycles. The van der Waals surface area contributed by atoms with Crippen molar-refractivity contribution >= 4 is 34.4 Å². The van der Waals surface area contributed by atoms with Gasteiger partial charge in [-0.2, -0.15) is 13.2 Å². The molecular formula is C25H30F4N4O6. The number of nitrogens with zero attached hydrogens (tertiary/aromatic N) is 2. The summed E-state index contributed by atoms with van der Waals surface area (Å²) in [5.41, 5.74) is -4.65. The van der Waals surface area contributed by atoms with Gasteiger partial charge in [0.15, 0.2) is 5.43 Å². The van der Waals surface area contributed by atoms with Crippen molar-refractivity contribution in [3.63, 3.8) is 0 Å². The van der Waals surface area contributed by atoms with E-state index in [-0.39, 0.29) is 73.7 Å². The molecule has 2 aromatic rings. The van der Waals surface area contributed by atoms with Crippen molar-refractivity contribution in [2.45, 2.75) is 52.0 Å². The fourth-order valence-electron chi connectivity index (χ4n) is 4.85. The normalized spacial score (nSPS) is 16.1.